The molecule has 0 atom stereocenters. The molecule has 0 unspecified atom stereocenters. The molecule has 0 aromatic carbocycles. The number of hydrogen-bond acceptors (Lipinski definition) is 4. The Labute approximate surface area is 89.8 Å². The van der Waals surface area contributed by atoms with Gasteiger partial charge in [0.2, 0.25) is 5.88 Å². The van der Waals surface area contributed by atoms with Crippen molar-refractivity contribution < 1.29 is 4.74 Å². The molecule has 15 heavy (non-hydrogen) atoms. The molecule has 0 radical (unpaired) electrons. The Morgan fingerprint density at radius 1 is 1.40 bits per heavy atom. The summed E-state index contributed by atoms with van der Waals surface area (Å²) in [5, 5.41) is 3.40. The fourth-order valence-corrected chi connectivity index (χ4v) is 1.97. The number of methoxy groups -OCH3 is 1. The van der Waals surface area contributed by atoms with Gasteiger partial charge in [0.1, 0.15) is 5.82 Å². The van der Waals surface area contributed by atoms with E-state index in [0.29, 0.717) is 17.6 Å². The topological polar surface area (TPSA) is 60.2 Å². The lowest BCUT2D eigenvalue weighted by Crippen LogP contribution is -2.15. The number of ether oxygens (including phenoxy) is 1. The first-order chi connectivity index (χ1) is 7.29. The van der Waals surface area contributed by atoms with Crippen molar-refractivity contribution in [3.8, 4) is 5.88 Å². The van der Waals surface area contributed by atoms with Crippen LogP contribution in [0.2, 0.25) is 0 Å². The predicted octanol–water partition coefficient (Wildman–Crippen LogP) is 2.03. The van der Waals surface area contributed by atoms with Crippen molar-refractivity contribution in [3.05, 3.63) is 12.1 Å². The lowest BCUT2D eigenvalue weighted by molar-refractivity contribution is 0.400. The zero-order chi connectivity index (χ0) is 10.7. The van der Waals surface area contributed by atoms with Crippen LogP contribution in [0, 0.1) is 0 Å². The van der Waals surface area contributed by atoms with Gasteiger partial charge >= 0.3 is 0 Å². The van der Waals surface area contributed by atoms with Crippen LogP contribution in [0.4, 0.5) is 11.5 Å². The molecule has 0 amide bonds. The minimum atomic E-state index is 0.498. The molecule has 1 aliphatic carbocycles. The summed E-state index contributed by atoms with van der Waals surface area (Å²) >= 11 is 0. The Hall–Kier alpha value is -1.45. The van der Waals surface area contributed by atoms with E-state index in [-0.39, 0.29) is 0 Å². The molecule has 0 saturated heterocycles. The van der Waals surface area contributed by atoms with E-state index in [0.717, 1.165) is 5.82 Å². The largest absolute Gasteiger partial charge is 0.479 e. The molecule has 0 spiro atoms. The number of pyridine rings is 1. The van der Waals surface area contributed by atoms with Gasteiger partial charge in [0.05, 0.1) is 12.8 Å². The second-order valence-electron chi connectivity index (χ2n) is 3.92. The predicted molar refractivity (Wildman–Crippen MR) is 61.1 cm³/mol. The van der Waals surface area contributed by atoms with E-state index in [9.17, 15) is 0 Å². The third-order valence-corrected chi connectivity index (χ3v) is 2.79. The van der Waals surface area contributed by atoms with Gasteiger partial charge in [-0.1, -0.05) is 12.8 Å². The van der Waals surface area contributed by atoms with Crippen LogP contribution in [0.1, 0.15) is 25.7 Å². The zero-order valence-electron chi connectivity index (χ0n) is 8.99. The fourth-order valence-electron chi connectivity index (χ4n) is 1.97. The molecule has 0 aliphatic heterocycles. The minimum Gasteiger partial charge on any atom is -0.479 e. The normalized spacial score (nSPS) is 16.6. The third-order valence-electron chi connectivity index (χ3n) is 2.79. The van der Waals surface area contributed by atoms with Gasteiger partial charge in [-0.2, -0.15) is 4.98 Å². The van der Waals surface area contributed by atoms with Crippen molar-refractivity contribution in [2.75, 3.05) is 18.2 Å². The van der Waals surface area contributed by atoms with Crippen molar-refractivity contribution in [1.29, 1.82) is 0 Å². The first-order valence-corrected chi connectivity index (χ1v) is 5.36. The number of aromatic nitrogens is 1. The Balaban J connectivity index is 2.07. The van der Waals surface area contributed by atoms with E-state index in [1.54, 1.807) is 7.11 Å². The van der Waals surface area contributed by atoms with Crippen LogP contribution in [0.3, 0.4) is 0 Å². The van der Waals surface area contributed by atoms with Crippen molar-refractivity contribution in [3.63, 3.8) is 0 Å². The molecule has 1 saturated carbocycles. The molecule has 3 N–H and O–H groups in total. The first kappa shape index (κ1) is 10.1. The second-order valence-corrected chi connectivity index (χ2v) is 3.92. The van der Waals surface area contributed by atoms with Crippen LogP contribution in [0.15, 0.2) is 12.1 Å². The molecule has 1 heterocycles. The third kappa shape index (κ3) is 2.32. The molecule has 4 heteroatoms. The maximum atomic E-state index is 5.69. The van der Waals surface area contributed by atoms with Crippen LogP contribution in [-0.2, 0) is 0 Å². The lowest BCUT2D eigenvalue weighted by Gasteiger charge is -2.13. The van der Waals surface area contributed by atoms with E-state index in [2.05, 4.69) is 10.3 Å². The van der Waals surface area contributed by atoms with E-state index in [1.165, 1.54) is 25.7 Å². The Morgan fingerprint density at radius 2 is 2.13 bits per heavy atom. The van der Waals surface area contributed by atoms with E-state index in [1.807, 2.05) is 12.1 Å². The molecule has 1 aromatic heterocycles. The fraction of sp³-hybridized carbons (Fsp3) is 0.545. The number of nitrogens with two attached hydrogens (primary N) is 1. The Morgan fingerprint density at radius 3 is 2.80 bits per heavy atom. The van der Waals surface area contributed by atoms with E-state index < -0.39 is 0 Å². The molecule has 82 valence electrons. The van der Waals surface area contributed by atoms with Crippen LogP contribution in [0.25, 0.3) is 0 Å². The number of rotatable bonds is 3. The van der Waals surface area contributed by atoms with Crippen LogP contribution in [-0.4, -0.2) is 18.1 Å². The van der Waals surface area contributed by atoms with Gasteiger partial charge < -0.3 is 15.8 Å². The van der Waals surface area contributed by atoms with Crippen LogP contribution < -0.4 is 15.8 Å². The molecular formula is C11H17N3O. The summed E-state index contributed by atoms with van der Waals surface area (Å²) in [5.74, 6) is 1.35. The SMILES string of the molecule is COc1nc(NC2CCCC2)ccc1N. The average Bonchev–Trinajstić information content (AvgIpc) is 2.73. The molecule has 1 aliphatic rings. The Bertz CT molecular complexity index is 335. The highest BCUT2D eigenvalue weighted by Gasteiger charge is 2.15. The summed E-state index contributed by atoms with van der Waals surface area (Å²) in [7, 11) is 1.58. The summed E-state index contributed by atoms with van der Waals surface area (Å²) in [5.41, 5.74) is 6.27. The smallest absolute Gasteiger partial charge is 0.238 e. The number of anilines is 2. The van der Waals surface area contributed by atoms with Gasteiger partial charge in [-0.25, -0.2) is 0 Å². The number of nitrogens with one attached hydrogen (secondary N) is 1. The van der Waals surface area contributed by atoms with Gasteiger partial charge in [-0.05, 0) is 25.0 Å². The van der Waals surface area contributed by atoms with Gasteiger partial charge in [0.15, 0.2) is 0 Å². The molecule has 1 aromatic rings. The standard InChI is InChI=1S/C11H17N3O/c1-15-11-9(12)6-7-10(14-11)13-8-4-2-3-5-8/h6-8H,2-5,12H2,1H3,(H,13,14). The lowest BCUT2D eigenvalue weighted by atomic mass is 10.2. The van der Waals surface area contributed by atoms with Gasteiger partial charge in [-0.15, -0.1) is 0 Å². The highest BCUT2D eigenvalue weighted by molar-refractivity contribution is 5.53. The molecular weight excluding hydrogens is 190 g/mol. The Kier molecular flexibility index (Phi) is 2.94. The van der Waals surface area contributed by atoms with E-state index in [4.69, 9.17) is 10.5 Å². The summed E-state index contributed by atoms with van der Waals surface area (Å²) in [6, 6.07) is 4.28. The van der Waals surface area contributed by atoms with Crippen molar-refractivity contribution in [2.45, 2.75) is 31.7 Å². The summed E-state index contributed by atoms with van der Waals surface area (Å²) in [4.78, 5) is 4.30. The highest BCUT2D eigenvalue weighted by Crippen LogP contribution is 2.24. The average molecular weight is 207 g/mol. The van der Waals surface area contributed by atoms with Crippen molar-refractivity contribution in [1.82, 2.24) is 4.98 Å². The number of nitrogen functional groups attached to an aromatic ring is 1. The zero-order valence-corrected chi connectivity index (χ0v) is 8.99. The summed E-state index contributed by atoms with van der Waals surface area (Å²) in [6.07, 6.45) is 5.08. The van der Waals surface area contributed by atoms with Crippen molar-refractivity contribution in [2.24, 2.45) is 0 Å². The molecule has 1 fully saturated rings. The maximum absolute atomic E-state index is 5.69. The summed E-state index contributed by atoms with van der Waals surface area (Å²) in [6.45, 7) is 0. The van der Waals surface area contributed by atoms with Crippen LogP contribution >= 0.6 is 0 Å². The first-order valence-electron chi connectivity index (χ1n) is 5.36. The monoisotopic (exact) mass is 207 g/mol. The second kappa shape index (κ2) is 4.38. The van der Waals surface area contributed by atoms with Gasteiger partial charge in [-0.3, -0.25) is 0 Å². The van der Waals surface area contributed by atoms with Gasteiger partial charge in [0.25, 0.3) is 0 Å². The molecule has 2 rings (SSSR count). The maximum Gasteiger partial charge on any atom is 0.238 e. The van der Waals surface area contributed by atoms with Gasteiger partial charge in [0, 0.05) is 6.04 Å². The number of hydrogen-bond donors (Lipinski definition) is 2. The quantitative estimate of drug-likeness (QED) is 0.796. The van der Waals surface area contributed by atoms with Crippen LogP contribution in [0.5, 0.6) is 5.88 Å². The molecule has 0 bridgehead atoms. The summed E-state index contributed by atoms with van der Waals surface area (Å²) < 4.78 is 5.07. The highest BCUT2D eigenvalue weighted by atomic mass is 16.5. The minimum absolute atomic E-state index is 0.498. The molecule has 4 nitrogen and oxygen atoms in total. The number of nitrogens with zero attached hydrogens (tertiary/aromatic N) is 1. The van der Waals surface area contributed by atoms with Crippen molar-refractivity contribution >= 4 is 11.5 Å². The van der Waals surface area contributed by atoms with E-state index >= 15 is 0 Å².